The van der Waals surface area contributed by atoms with Crippen molar-refractivity contribution in [3.05, 3.63) is 39.4 Å². The van der Waals surface area contributed by atoms with E-state index in [0.717, 1.165) is 22.6 Å². The second-order valence-electron chi connectivity index (χ2n) is 4.04. The molecule has 0 bridgehead atoms. The van der Waals surface area contributed by atoms with Gasteiger partial charge in [0.25, 0.3) is 0 Å². The van der Waals surface area contributed by atoms with Crippen molar-refractivity contribution in [2.75, 3.05) is 5.32 Å². The molecule has 0 fully saturated rings. The molecule has 0 saturated heterocycles. The van der Waals surface area contributed by atoms with Gasteiger partial charge in [0.2, 0.25) is 0 Å². The zero-order valence-corrected chi connectivity index (χ0v) is 12.1. The van der Waals surface area contributed by atoms with Crippen LogP contribution >= 0.6 is 22.9 Å². The summed E-state index contributed by atoms with van der Waals surface area (Å²) in [5.74, 6) is -0.940. The number of nitrogens with zero attached hydrogens (tertiary/aromatic N) is 1. The lowest BCUT2D eigenvalue weighted by Gasteiger charge is -2.06. The van der Waals surface area contributed by atoms with E-state index < -0.39 is 5.97 Å². The molecule has 0 radical (unpaired) electrons. The molecule has 2 aromatic rings. The molecule has 2 N–H and O–H groups in total. The Hall–Kier alpha value is -1.59. The fraction of sp³-hybridized carbons (Fsp3) is 0.231. The van der Waals surface area contributed by atoms with E-state index >= 15 is 0 Å². The van der Waals surface area contributed by atoms with Gasteiger partial charge >= 0.3 is 5.97 Å². The van der Waals surface area contributed by atoms with Gasteiger partial charge in [0, 0.05) is 10.7 Å². The third kappa shape index (κ3) is 3.05. The molecule has 0 amide bonds. The molecule has 6 heteroatoms. The SMILES string of the molecule is CCc1nc(Nc2cc(Cl)ccc2C)sc1C(=O)O. The first-order valence-electron chi connectivity index (χ1n) is 5.77. The highest BCUT2D eigenvalue weighted by Gasteiger charge is 2.16. The number of aromatic nitrogens is 1. The normalized spacial score (nSPS) is 10.5. The number of benzene rings is 1. The lowest BCUT2D eigenvalue weighted by molar-refractivity contribution is 0.0701. The van der Waals surface area contributed by atoms with Crippen LogP contribution in [0.15, 0.2) is 18.2 Å². The predicted molar refractivity (Wildman–Crippen MR) is 77.9 cm³/mol. The van der Waals surface area contributed by atoms with Crippen LogP contribution < -0.4 is 5.32 Å². The topological polar surface area (TPSA) is 62.2 Å². The van der Waals surface area contributed by atoms with Crippen LogP contribution in [-0.4, -0.2) is 16.1 Å². The standard InChI is InChI=1S/C13H13ClN2O2S/c1-3-9-11(12(17)18)19-13(15-9)16-10-6-8(14)5-4-7(10)2/h4-6H,3H2,1-2H3,(H,15,16)(H,17,18). The van der Waals surface area contributed by atoms with Gasteiger partial charge in [-0.25, -0.2) is 9.78 Å². The number of anilines is 2. The van der Waals surface area contributed by atoms with E-state index in [4.69, 9.17) is 16.7 Å². The Labute approximate surface area is 120 Å². The van der Waals surface area contributed by atoms with E-state index in [2.05, 4.69) is 10.3 Å². The third-order valence-corrected chi connectivity index (χ3v) is 3.90. The Morgan fingerprint density at radius 2 is 2.26 bits per heavy atom. The van der Waals surface area contributed by atoms with E-state index in [9.17, 15) is 4.79 Å². The number of carbonyl (C=O) groups is 1. The molecule has 0 aliphatic heterocycles. The van der Waals surface area contributed by atoms with Crippen molar-refractivity contribution < 1.29 is 9.90 Å². The van der Waals surface area contributed by atoms with Gasteiger partial charge in [-0.05, 0) is 31.0 Å². The van der Waals surface area contributed by atoms with Crippen molar-refractivity contribution >= 4 is 39.7 Å². The molecule has 0 atom stereocenters. The van der Waals surface area contributed by atoms with Gasteiger partial charge in [-0.3, -0.25) is 0 Å². The summed E-state index contributed by atoms with van der Waals surface area (Å²) in [6.07, 6.45) is 0.592. The summed E-state index contributed by atoms with van der Waals surface area (Å²) in [5, 5.41) is 13.4. The number of nitrogens with one attached hydrogen (secondary N) is 1. The van der Waals surface area contributed by atoms with Crippen LogP contribution in [0, 0.1) is 6.92 Å². The first kappa shape index (κ1) is 13.8. The highest BCUT2D eigenvalue weighted by atomic mass is 35.5. The van der Waals surface area contributed by atoms with Gasteiger partial charge in [0.1, 0.15) is 4.88 Å². The number of aryl methyl sites for hydroxylation is 2. The highest BCUT2D eigenvalue weighted by Crippen LogP contribution is 2.29. The maximum Gasteiger partial charge on any atom is 0.347 e. The van der Waals surface area contributed by atoms with E-state index in [1.54, 1.807) is 6.07 Å². The predicted octanol–water partition coefficient (Wildman–Crippen LogP) is 4.11. The number of hydrogen-bond acceptors (Lipinski definition) is 4. The monoisotopic (exact) mass is 296 g/mol. The van der Waals surface area contributed by atoms with E-state index in [-0.39, 0.29) is 4.88 Å². The smallest absolute Gasteiger partial charge is 0.347 e. The van der Waals surface area contributed by atoms with Gasteiger partial charge in [-0.15, -0.1) is 0 Å². The van der Waals surface area contributed by atoms with Gasteiger partial charge in [-0.1, -0.05) is 35.9 Å². The summed E-state index contributed by atoms with van der Waals surface area (Å²) in [6.45, 7) is 3.83. The first-order chi connectivity index (χ1) is 9.01. The minimum atomic E-state index is -0.940. The summed E-state index contributed by atoms with van der Waals surface area (Å²) in [4.78, 5) is 15.7. The molecule has 19 heavy (non-hydrogen) atoms. The summed E-state index contributed by atoms with van der Waals surface area (Å²) >= 11 is 7.08. The Kier molecular flexibility index (Phi) is 4.07. The number of carboxylic acid groups (broad SMARTS) is 1. The van der Waals surface area contributed by atoms with Crippen molar-refractivity contribution in [2.45, 2.75) is 20.3 Å². The summed E-state index contributed by atoms with van der Waals surface area (Å²) in [6, 6.07) is 5.51. The fourth-order valence-corrected chi connectivity index (χ4v) is 2.73. The molecule has 0 aliphatic carbocycles. The number of halogens is 1. The second-order valence-corrected chi connectivity index (χ2v) is 5.47. The Morgan fingerprint density at radius 1 is 1.53 bits per heavy atom. The van der Waals surface area contributed by atoms with Crippen LogP contribution in [-0.2, 0) is 6.42 Å². The minimum Gasteiger partial charge on any atom is -0.477 e. The molecule has 1 aromatic carbocycles. The van der Waals surface area contributed by atoms with E-state index in [1.807, 2.05) is 26.0 Å². The quantitative estimate of drug-likeness (QED) is 0.891. The van der Waals surface area contributed by atoms with Crippen LogP contribution in [0.1, 0.15) is 27.9 Å². The fourth-order valence-electron chi connectivity index (χ4n) is 1.66. The Bertz CT molecular complexity index is 625. The van der Waals surface area contributed by atoms with Crippen molar-refractivity contribution in [3.63, 3.8) is 0 Å². The van der Waals surface area contributed by atoms with Crippen molar-refractivity contribution in [1.82, 2.24) is 4.98 Å². The second kappa shape index (κ2) is 5.59. The van der Waals surface area contributed by atoms with E-state index in [0.29, 0.717) is 22.3 Å². The van der Waals surface area contributed by atoms with Gasteiger partial charge < -0.3 is 10.4 Å². The van der Waals surface area contributed by atoms with Gasteiger partial charge in [-0.2, -0.15) is 0 Å². The Balaban J connectivity index is 2.33. The average molecular weight is 297 g/mol. The van der Waals surface area contributed by atoms with Crippen molar-refractivity contribution in [2.24, 2.45) is 0 Å². The lowest BCUT2D eigenvalue weighted by Crippen LogP contribution is -1.97. The zero-order chi connectivity index (χ0) is 14.0. The molecule has 0 unspecified atom stereocenters. The van der Waals surface area contributed by atoms with Gasteiger partial charge in [0.15, 0.2) is 5.13 Å². The number of rotatable bonds is 4. The zero-order valence-electron chi connectivity index (χ0n) is 10.5. The van der Waals surface area contributed by atoms with E-state index in [1.165, 1.54) is 0 Å². The molecule has 0 aliphatic rings. The Morgan fingerprint density at radius 3 is 2.84 bits per heavy atom. The third-order valence-electron chi connectivity index (χ3n) is 2.67. The number of thiazole rings is 1. The maximum atomic E-state index is 11.1. The highest BCUT2D eigenvalue weighted by molar-refractivity contribution is 7.17. The maximum absolute atomic E-state index is 11.1. The van der Waals surface area contributed by atoms with Crippen LogP contribution in [0.2, 0.25) is 5.02 Å². The molecule has 1 heterocycles. The molecule has 100 valence electrons. The molecule has 0 saturated carbocycles. The summed E-state index contributed by atoms with van der Waals surface area (Å²) in [7, 11) is 0. The molecule has 0 spiro atoms. The van der Waals surface area contributed by atoms with Crippen LogP contribution in [0.3, 0.4) is 0 Å². The number of aromatic carboxylic acids is 1. The van der Waals surface area contributed by atoms with Crippen molar-refractivity contribution in [1.29, 1.82) is 0 Å². The van der Waals surface area contributed by atoms with Crippen molar-refractivity contribution in [3.8, 4) is 0 Å². The molecule has 2 rings (SSSR count). The number of carboxylic acids is 1. The molecular formula is C13H13ClN2O2S. The minimum absolute atomic E-state index is 0.282. The van der Waals surface area contributed by atoms with Crippen LogP contribution in [0.25, 0.3) is 0 Å². The summed E-state index contributed by atoms with van der Waals surface area (Å²) < 4.78 is 0. The molecule has 4 nitrogen and oxygen atoms in total. The van der Waals surface area contributed by atoms with Crippen LogP contribution in [0.4, 0.5) is 10.8 Å². The lowest BCUT2D eigenvalue weighted by atomic mass is 10.2. The molecular weight excluding hydrogens is 284 g/mol. The summed E-state index contributed by atoms with van der Waals surface area (Å²) in [5.41, 5.74) is 2.45. The largest absolute Gasteiger partial charge is 0.477 e. The first-order valence-corrected chi connectivity index (χ1v) is 6.97. The van der Waals surface area contributed by atoms with Gasteiger partial charge in [0.05, 0.1) is 5.69 Å². The molecule has 1 aromatic heterocycles. The van der Waals surface area contributed by atoms with Crippen LogP contribution in [0.5, 0.6) is 0 Å². The number of hydrogen-bond donors (Lipinski definition) is 2. The average Bonchev–Trinajstić information content (AvgIpc) is 2.77.